The van der Waals surface area contributed by atoms with Crippen LogP contribution in [0.25, 0.3) is 0 Å². The summed E-state index contributed by atoms with van der Waals surface area (Å²) < 4.78 is 24.4. The summed E-state index contributed by atoms with van der Waals surface area (Å²) in [5, 5.41) is 0. The lowest BCUT2D eigenvalue weighted by molar-refractivity contribution is -0.234. The van der Waals surface area contributed by atoms with Gasteiger partial charge in [-0.1, -0.05) is 6.07 Å². The third-order valence-electron chi connectivity index (χ3n) is 2.83. The van der Waals surface area contributed by atoms with E-state index in [1.54, 1.807) is 6.07 Å². The largest absolute Gasteiger partial charge is 0.345 e. The Labute approximate surface area is 94.3 Å². The first kappa shape index (κ1) is 11.5. The van der Waals surface area contributed by atoms with Crippen molar-refractivity contribution in [1.29, 1.82) is 0 Å². The molecule has 16 heavy (non-hydrogen) atoms. The van der Waals surface area contributed by atoms with Crippen molar-refractivity contribution in [3.05, 3.63) is 35.1 Å². The van der Waals surface area contributed by atoms with E-state index in [1.165, 1.54) is 12.1 Å². The smallest absolute Gasteiger partial charge is 0.167 e. The van der Waals surface area contributed by atoms with Crippen LogP contribution in [0.3, 0.4) is 0 Å². The van der Waals surface area contributed by atoms with Crippen molar-refractivity contribution >= 4 is 0 Å². The fourth-order valence-electron chi connectivity index (χ4n) is 1.78. The highest BCUT2D eigenvalue weighted by Crippen LogP contribution is 2.27. The Hall–Kier alpha value is -0.970. The Morgan fingerprint density at radius 1 is 1.31 bits per heavy atom. The average molecular weight is 225 g/mol. The van der Waals surface area contributed by atoms with Crippen LogP contribution in [0.5, 0.6) is 0 Å². The zero-order chi connectivity index (χ0) is 11.6. The van der Waals surface area contributed by atoms with Gasteiger partial charge in [-0.2, -0.15) is 0 Å². The van der Waals surface area contributed by atoms with Crippen molar-refractivity contribution in [2.24, 2.45) is 5.73 Å². The molecule has 0 aliphatic carbocycles. The third-order valence-corrected chi connectivity index (χ3v) is 2.83. The second-order valence-corrected chi connectivity index (χ2v) is 4.16. The van der Waals surface area contributed by atoms with Gasteiger partial charge in [0, 0.05) is 6.42 Å². The molecule has 4 heteroatoms. The van der Waals surface area contributed by atoms with E-state index in [-0.39, 0.29) is 5.82 Å². The van der Waals surface area contributed by atoms with Crippen molar-refractivity contribution in [1.82, 2.24) is 0 Å². The van der Waals surface area contributed by atoms with Gasteiger partial charge in [0.25, 0.3) is 0 Å². The molecule has 0 saturated heterocycles. The van der Waals surface area contributed by atoms with Crippen LogP contribution in [-0.2, 0) is 22.7 Å². The molecule has 1 unspecified atom stereocenters. The number of hydrogen-bond donors (Lipinski definition) is 1. The summed E-state index contributed by atoms with van der Waals surface area (Å²) in [6.45, 7) is 3.17. The van der Waals surface area contributed by atoms with Gasteiger partial charge in [-0.25, -0.2) is 4.39 Å². The van der Waals surface area contributed by atoms with Gasteiger partial charge in [0.05, 0.1) is 13.2 Å². The molecule has 2 rings (SSSR count). The van der Waals surface area contributed by atoms with Crippen LogP contribution in [-0.4, -0.2) is 12.3 Å². The number of hydrogen-bond acceptors (Lipinski definition) is 3. The Morgan fingerprint density at radius 3 is 2.69 bits per heavy atom. The van der Waals surface area contributed by atoms with Gasteiger partial charge < -0.3 is 15.2 Å². The van der Waals surface area contributed by atoms with Crippen LogP contribution < -0.4 is 5.73 Å². The van der Waals surface area contributed by atoms with Gasteiger partial charge in [-0.15, -0.1) is 0 Å². The second-order valence-electron chi connectivity index (χ2n) is 4.16. The summed E-state index contributed by atoms with van der Waals surface area (Å²) in [6.07, 6.45) is 0.628. The zero-order valence-corrected chi connectivity index (χ0v) is 9.33. The molecule has 1 aromatic carbocycles. The van der Waals surface area contributed by atoms with Crippen molar-refractivity contribution in [2.75, 3.05) is 6.54 Å². The van der Waals surface area contributed by atoms with Crippen LogP contribution in [0.1, 0.15) is 24.5 Å². The van der Waals surface area contributed by atoms with Gasteiger partial charge in [0.15, 0.2) is 5.79 Å². The van der Waals surface area contributed by atoms with Gasteiger partial charge in [-0.3, -0.25) is 0 Å². The minimum absolute atomic E-state index is 0.246. The quantitative estimate of drug-likeness (QED) is 0.836. The monoisotopic (exact) mass is 225 g/mol. The van der Waals surface area contributed by atoms with E-state index >= 15 is 0 Å². The van der Waals surface area contributed by atoms with Crippen molar-refractivity contribution in [2.45, 2.75) is 32.3 Å². The van der Waals surface area contributed by atoms with E-state index < -0.39 is 5.79 Å². The lowest BCUT2D eigenvalue weighted by Crippen LogP contribution is -2.33. The summed E-state index contributed by atoms with van der Waals surface area (Å²) in [6, 6.07) is 4.67. The SMILES string of the molecule is CC1(CCN)OCc2ccc(F)cc2CO1. The maximum atomic E-state index is 13.1. The number of ether oxygens (including phenoxy) is 2. The van der Waals surface area contributed by atoms with Crippen LogP contribution in [0.2, 0.25) is 0 Å². The predicted molar refractivity (Wildman–Crippen MR) is 58.1 cm³/mol. The maximum absolute atomic E-state index is 13.1. The molecule has 1 aliphatic heterocycles. The Balaban J connectivity index is 2.18. The predicted octanol–water partition coefficient (Wildman–Crippen LogP) is 1.94. The molecular weight excluding hydrogens is 209 g/mol. The molecule has 0 bridgehead atoms. The van der Waals surface area contributed by atoms with Crippen molar-refractivity contribution < 1.29 is 13.9 Å². The van der Waals surface area contributed by atoms with Gasteiger partial charge in [0.2, 0.25) is 0 Å². The van der Waals surface area contributed by atoms with E-state index in [4.69, 9.17) is 15.2 Å². The zero-order valence-electron chi connectivity index (χ0n) is 9.33. The van der Waals surface area contributed by atoms with E-state index in [9.17, 15) is 4.39 Å². The summed E-state index contributed by atoms with van der Waals surface area (Å²) in [5.74, 6) is -0.908. The molecule has 0 aromatic heterocycles. The Bertz CT molecular complexity index is 383. The average Bonchev–Trinajstić information content (AvgIpc) is 2.40. The number of halogens is 1. The molecule has 1 aromatic rings. The summed E-state index contributed by atoms with van der Waals surface area (Å²) in [5.41, 5.74) is 7.33. The molecule has 0 radical (unpaired) electrons. The van der Waals surface area contributed by atoms with Gasteiger partial charge in [0.1, 0.15) is 5.82 Å². The molecular formula is C12H16FNO2. The highest BCUT2D eigenvalue weighted by atomic mass is 19.1. The summed E-state index contributed by atoms with van der Waals surface area (Å²) in [4.78, 5) is 0. The normalized spacial score (nSPS) is 24.9. The Kier molecular flexibility index (Phi) is 3.23. The standard InChI is InChI=1S/C12H16FNO2/c1-12(4-5-14)15-7-9-2-3-11(13)6-10(9)8-16-12/h2-3,6H,4-5,7-8,14H2,1H3. The highest BCUT2D eigenvalue weighted by Gasteiger charge is 2.28. The molecule has 1 aliphatic rings. The van der Waals surface area contributed by atoms with Crippen LogP contribution in [0, 0.1) is 5.82 Å². The van der Waals surface area contributed by atoms with Crippen LogP contribution in [0.15, 0.2) is 18.2 Å². The minimum atomic E-state index is -0.662. The third kappa shape index (κ3) is 2.40. The number of nitrogens with two attached hydrogens (primary N) is 1. The van der Waals surface area contributed by atoms with E-state index in [2.05, 4.69) is 0 Å². The molecule has 0 amide bonds. The van der Waals surface area contributed by atoms with E-state index in [1.807, 2.05) is 6.92 Å². The van der Waals surface area contributed by atoms with Crippen LogP contribution in [0.4, 0.5) is 4.39 Å². The molecule has 0 saturated carbocycles. The first-order valence-corrected chi connectivity index (χ1v) is 5.38. The van der Waals surface area contributed by atoms with E-state index in [0.29, 0.717) is 26.2 Å². The molecule has 1 heterocycles. The first-order valence-electron chi connectivity index (χ1n) is 5.38. The Morgan fingerprint density at radius 2 is 2.00 bits per heavy atom. The molecule has 0 spiro atoms. The second kappa shape index (κ2) is 4.49. The summed E-state index contributed by atoms with van der Waals surface area (Å²) >= 11 is 0. The molecule has 3 nitrogen and oxygen atoms in total. The number of benzene rings is 1. The van der Waals surface area contributed by atoms with Gasteiger partial charge in [-0.05, 0) is 36.7 Å². The highest BCUT2D eigenvalue weighted by molar-refractivity contribution is 5.27. The van der Waals surface area contributed by atoms with Gasteiger partial charge >= 0.3 is 0 Å². The summed E-state index contributed by atoms with van der Waals surface area (Å²) in [7, 11) is 0. The van der Waals surface area contributed by atoms with Crippen LogP contribution >= 0.6 is 0 Å². The number of rotatable bonds is 2. The first-order chi connectivity index (χ1) is 7.63. The fourth-order valence-corrected chi connectivity index (χ4v) is 1.78. The molecule has 88 valence electrons. The van der Waals surface area contributed by atoms with Crippen molar-refractivity contribution in [3.8, 4) is 0 Å². The van der Waals surface area contributed by atoms with Crippen molar-refractivity contribution in [3.63, 3.8) is 0 Å². The minimum Gasteiger partial charge on any atom is -0.345 e. The molecule has 2 N–H and O–H groups in total. The fraction of sp³-hybridized carbons (Fsp3) is 0.500. The number of fused-ring (bicyclic) bond motifs is 1. The lowest BCUT2D eigenvalue weighted by atomic mass is 10.1. The maximum Gasteiger partial charge on any atom is 0.167 e. The molecule has 1 atom stereocenters. The molecule has 0 fully saturated rings. The topological polar surface area (TPSA) is 44.5 Å². The lowest BCUT2D eigenvalue weighted by Gasteiger charge is -2.27. The van der Waals surface area contributed by atoms with E-state index in [0.717, 1.165) is 11.1 Å².